The normalized spacial score (nSPS) is 11.4. The Bertz CT molecular complexity index is 1420. The maximum absolute atomic E-state index is 13.7. The Morgan fingerprint density at radius 3 is 2.06 bits per heavy atom. The second-order valence-electron chi connectivity index (χ2n) is 8.33. The van der Waals surface area contributed by atoms with Gasteiger partial charge in [-0.05, 0) is 52.0 Å². The van der Waals surface area contributed by atoms with E-state index in [-0.39, 0.29) is 16.8 Å². The molecule has 34 heavy (non-hydrogen) atoms. The number of nitrogens with zero attached hydrogens (tertiary/aromatic N) is 2. The van der Waals surface area contributed by atoms with E-state index in [1.807, 2.05) is 24.3 Å². The molecule has 0 saturated carbocycles. The first kappa shape index (κ1) is 23.6. The Kier molecular flexibility index (Phi) is 6.52. The van der Waals surface area contributed by atoms with Crippen LogP contribution in [0.15, 0.2) is 59.2 Å². The summed E-state index contributed by atoms with van der Waals surface area (Å²) in [5.41, 5.74) is 0.407. The highest BCUT2D eigenvalue weighted by Crippen LogP contribution is 2.32. The smallest absolute Gasteiger partial charge is 0.341 e. The molecule has 0 aliphatic rings. The van der Waals surface area contributed by atoms with E-state index < -0.39 is 29.9 Å². The molecular weight excluding hydrogens is 500 g/mol. The summed E-state index contributed by atoms with van der Waals surface area (Å²) in [5, 5.41) is 5.85. The lowest BCUT2D eigenvalue weighted by atomic mass is 10.0. The number of hydrogen-bond acceptors (Lipinski definition) is 6. The molecule has 2 heterocycles. The molecule has 0 saturated heterocycles. The van der Waals surface area contributed by atoms with Gasteiger partial charge in [-0.3, -0.25) is 4.79 Å². The molecule has 8 heteroatoms. The lowest BCUT2D eigenvalue weighted by Crippen LogP contribution is -2.20. The Morgan fingerprint density at radius 2 is 1.44 bits per heavy atom. The van der Waals surface area contributed by atoms with Gasteiger partial charge in [0.05, 0.1) is 23.9 Å². The molecule has 4 rings (SSSR count). The molecule has 0 N–H and O–H groups in total. The molecule has 0 amide bonds. The molecule has 2 aromatic carbocycles. The van der Waals surface area contributed by atoms with E-state index in [9.17, 15) is 14.4 Å². The van der Waals surface area contributed by atoms with Crippen LogP contribution in [0.1, 0.15) is 64.5 Å². The zero-order valence-electron chi connectivity index (χ0n) is 19.2. The van der Waals surface area contributed by atoms with E-state index in [0.717, 1.165) is 9.86 Å². The number of ether oxygens (including phenoxy) is 2. The van der Waals surface area contributed by atoms with Crippen LogP contribution in [0, 0.1) is 0 Å². The van der Waals surface area contributed by atoms with E-state index in [1.54, 1.807) is 58.2 Å². The fraction of sp³-hybridized carbons (Fsp3) is 0.231. The molecule has 0 aliphatic heterocycles. The molecule has 0 atom stereocenters. The van der Waals surface area contributed by atoms with Gasteiger partial charge in [-0.1, -0.05) is 40.2 Å². The quantitative estimate of drug-likeness (QED) is 0.241. The van der Waals surface area contributed by atoms with Gasteiger partial charge in [0.25, 0.3) is 0 Å². The highest BCUT2D eigenvalue weighted by atomic mass is 79.9. The first-order chi connectivity index (χ1) is 16.2. The summed E-state index contributed by atoms with van der Waals surface area (Å²) in [6.07, 6.45) is 0.685. The molecule has 0 fully saturated rings. The lowest BCUT2D eigenvalue weighted by Gasteiger charge is -2.12. The number of ketones is 1. The van der Waals surface area contributed by atoms with Crippen molar-refractivity contribution in [2.75, 3.05) is 0 Å². The van der Waals surface area contributed by atoms with Crippen molar-refractivity contribution >= 4 is 49.9 Å². The summed E-state index contributed by atoms with van der Waals surface area (Å²) in [7, 11) is 0. The molecule has 0 bridgehead atoms. The fourth-order valence-electron chi connectivity index (χ4n) is 3.76. The fourth-order valence-corrected chi connectivity index (χ4v) is 4.03. The largest absolute Gasteiger partial charge is 0.459 e. The summed E-state index contributed by atoms with van der Waals surface area (Å²) in [5.74, 6) is -1.98. The number of aromatic nitrogens is 2. The molecule has 0 unspecified atom stereocenters. The number of fused-ring (bicyclic) bond motifs is 3. The zero-order valence-corrected chi connectivity index (χ0v) is 20.8. The van der Waals surface area contributed by atoms with Crippen molar-refractivity contribution in [3.63, 3.8) is 0 Å². The van der Waals surface area contributed by atoms with E-state index in [0.29, 0.717) is 16.5 Å². The van der Waals surface area contributed by atoms with Gasteiger partial charge in [0.2, 0.25) is 5.78 Å². The van der Waals surface area contributed by atoms with Crippen LogP contribution in [0.2, 0.25) is 0 Å². The van der Waals surface area contributed by atoms with Crippen LogP contribution in [-0.2, 0) is 9.47 Å². The topological polar surface area (TPSA) is 87.0 Å². The standard InChI is InChI=1S/C26H23BrN2O5/c1-14(2)33-25(31)20-21(26(32)34-15(3)4)23(24(30)16-9-11-18(27)12-10-16)29-22(20)19-8-6-5-7-17(19)13-28-29/h5-15H,1-4H3. The van der Waals surface area contributed by atoms with Crippen molar-refractivity contribution in [3.8, 4) is 0 Å². The SMILES string of the molecule is CC(C)OC(=O)c1c(C(=O)OC(C)C)c2c3ccccc3cnn2c1C(=O)c1ccc(Br)cc1. The van der Waals surface area contributed by atoms with Crippen LogP contribution in [-0.4, -0.2) is 39.5 Å². The molecule has 0 aliphatic carbocycles. The number of esters is 2. The van der Waals surface area contributed by atoms with Crippen molar-refractivity contribution < 1.29 is 23.9 Å². The molecule has 4 aromatic rings. The Hall–Kier alpha value is -3.52. The maximum Gasteiger partial charge on any atom is 0.341 e. The second-order valence-corrected chi connectivity index (χ2v) is 9.25. The number of carbonyl (C=O) groups is 3. The third-order valence-corrected chi connectivity index (χ3v) is 5.62. The summed E-state index contributed by atoms with van der Waals surface area (Å²) < 4.78 is 13.1. The molecule has 0 radical (unpaired) electrons. The molecule has 2 aromatic heterocycles. The van der Waals surface area contributed by atoms with Crippen LogP contribution >= 0.6 is 15.9 Å². The Morgan fingerprint density at radius 1 is 0.853 bits per heavy atom. The summed E-state index contributed by atoms with van der Waals surface area (Å²) in [4.78, 5) is 40.4. The number of benzene rings is 2. The average molecular weight is 523 g/mol. The first-order valence-corrected chi connectivity index (χ1v) is 11.6. The van der Waals surface area contributed by atoms with Crippen molar-refractivity contribution in [2.24, 2.45) is 0 Å². The van der Waals surface area contributed by atoms with E-state index >= 15 is 0 Å². The third-order valence-electron chi connectivity index (χ3n) is 5.09. The van der Waals surface area contributed by atoms with Gasteiger partial charge in [0.1, 0.15) is 16.8 Å². The van der Waals surface area contributed by atoms with Crippen molar-refractivity contribution in [1.29, 1.82) is 0 Å². The number of carbonyl (C=O) groups excluding carboxylic acids is 3. The van der Waals surface area contributed by atoms with Crippen LogP contribution in [0.25, 0.3) is 16.3 Å². The maximum atomic E-state index is 13.7. The monoisotopic (exact) mass is 522 g/mol. The molecular formula is C26H23BrN2O5. The van der Waals surface area contributed by atoms with E-state index in [2.05, 4.69) is 21.0 Å². The van der Waals surface area contributed by atoms with Gasteiger partial charge >= 0.3 is 11.9 Å². The zero-order chi connectivity index (χ0) is 24.6. The van der Waals surface area contributed by atoms with Crippen LogP contribution in [0.4, 0.5) is 0 Å². The Labute approximate surface area is 204 Å². The Balaban J connectivity index is 2.13. The molecule has 7 nitrogen and oxygen atoms in total. The number of halogens is 1. The van der Waals surface area contributed by atoms with Gasteiger partial charge in [-0.2, -0.15) is 5.10 Å². The first-order valence-electron chi connectivity index (χ1n) is 10.8. The second kappa shape index (κ2) is 9.38. The third kappa shape index (κ3) is 4.33. The van der Waals surface area contributed by atoms with Crippen LogP contribution < -0.4 is 0 Å². The van der Waals surface area contributed by atoms with Crippen molar-refractivity contribution in [2.45, 2.75) is 39.9 Å². The van der Waals surface area contributed by atoms with Crippen LogP contribution in [0.5, 0.6) is 0 Å². The predicted molar refractivity (Wildman–Crippen MR) is 131 cm³/mol. The van der Waals surface area contributed by atoms with Gasteiger partial charge in [-0.25, -0.2) is 14.1 Å². The van der Waals surface area contributed by atoms with E-state index in [1.165, 1.54) is 4.52 Å². The summed E-state index contributed by atoms with van der Waals surface area (Å²) >= 11 is 3.36. The molecule has 174 valence electrons. The summed E-state index contributed by atoms with van der Waals surface area (Å²) in [6, 6.07) is 14.0. The van der Waals surface area contributed by atoms with Crippen LogP contribution in [0.3, 0.4) is 0 Å². The van der Waals surface area contributed by atoms with Crippen molar-refractivity contribution in [1.82, 2.24) is 9.61 Å². The average Bonchev–Trinajstić information content (AvgIpc) is 3.14. The number of hydrogen-bond donors (Lipinski definition) is 0. The predicted octanol–water partition coefficient (Wildman–Crippen LogP) is 5.61. The number of rotatable bonds is 6. The minimum Gasteiger partial charge on any atom is -0.459 e. The van der Waals surface area contributed by atoms with Gasteiger partial charge in [0, 0.05) is 20.8 Å². The summed E-state index contributed by atoms with van der Waals surface area (Å²) in [6.45, 7) is 6.83. The highest BCUT2D eigenvalue weighted by molar-refractivity contribution is 9.10. The van der Waals surface area contributed by atoms with E-state index in [4.69, 9.17) is 9.47 Å². The van der Waals surface area contributed by atoms with Gasteiger partial charge in [0.15, 0.2) is 0 Å². The minimum absolute atomic E-state index is 0.0379. The van der Waals surface area contributed by atoms with Crippen molar-refractivity contribution in [3.05, 3.63) is 81.6 Å². The minimum atomic E-state index is -0.791. The highest BCUT2D eigenvalue weighted by Gasteiger charge is 2.35. The molecule has 0 spiro atoms. The lowest BCUT2D eigenvalue weighted by molar-refractivity contribution is 0.0330. The van der Waals surface area contributed by atoms with Gasteiger partial charge < -0.3 is 9.47 Å². The van der Waals surface area contributed by atoms with Gasteiger partial charge in [-0.15, -0.1) is 0 Å².